The number of benzene rings is 1. The topological polar surface area (TPSA) is 64.3 Å². The van der Waals surface area contributed by atoms with Gasteiger partial charge >= 0.3 is 0 Å². The fourth-order valence-electron chi connectivity index (χ4n) is 3.41. The van der Waals surface area contributed by atoms with Crippen LogP contribution >= 0.6 is 0 Å². The zero-order valence-corrected chi connectivity index (χ0v) is 12.4. The van der Waals surface area contributed by atoms with Crippen molar-refractivity contribution in [1.82, 2.24) is 5.32 Å². The first kappa shape index (κ1) is 14.4. The summed E-state index contributed by atoms with van der Waals surface area (Å²) in [7, 11) is 0. The van der Waals surface area contributed by atoms with E-state index in [2.05, 4.69) is 5.32 Å². The Morgan fingerprint density at radius 3 is 2.86 bits per heavy atom. The van der Waals surface area contributed by atoms with Gasteiger partial charge in [0.15, 0.2) is 0 Å². The minimum atomic E-state index is -0.106. The SMILES string of the molecule is NC1CCCCCC1NC(=O)C1CCOc2ccccc21. The molecule has 114 valence electrons. The fourth-order valence-corrected chi connectivity index (χ4v) is 3.41. The molecule has 1 fully saturated rings. The number of nitrogens with one attached hydrogen (secondary N) is 1. The second kappa shape index (κ2) is 6.48. The summed E-state index contributed by atoms with van der Waals surface area (Å²) in [6.45, 7) is 0.603. The van der Waals surface area contributed by atoms with Gasteiger partial charge in [0, 0.05) is 17.6 Å². The molecule has 3 atom stereocenters. The molecule has 1 aliphatic heterocycles. The van der Waals surface area contributed by atoms with E-state index in [0.717, 1.165) is 37.0 Å². The maximum Gasteiger partial charge on any atom is 0.228 e. The van der Waals surface area contributed by atoms with Crippen LogP contribution < -0.4 is 15.8 Å². The van der Waals surface area contributed by atoms with Crippen LogP contribution in [0.5, 0.6) is 5.75 Å². The van der Waals surface area contributed by atoms with Gasteiger partial charge < -0.3 is 15.8 Å². The molecule has 4 heteroatoms. The van der Waals surface area contributed by atoms with Gasteiger partial charge in [0.2, 0.25) is 5.91 Å². The Kier molecular flexibility index (Phi) is 4.44. The lowest BCUT2D eigenvalue weighted by Crippen LogP contribution is -2.48. The first-order valence-corrected chi connectivity index (χ1v) is 8.03. The van der Waals surface area contributed by atoms with Crippen molar-refractivity contribution in [3.63, 3.8) is 0 Å². The van der Waals surface area contributed by atoms with Crippen LogP contribution in [-0.2, 0) is 4.79 Å². The monoisotopic (exact) mass is 288 g/mol. The zero-order chi connectivity index (χ0) is 14.7. The van der Waals surface area contributed by atoms with Crippen molar-refractivity contribution in [3.8, 4) is 5.75 Å². The van der Waals surface area contributed by atoms with Gasteiger partial charge in [-0.05, 0) is 25.3 Å². The molecule has 1 saturated carbocycles. The molecule has 0 bridgehead atoms. The molecule has 1 heterocycles. The third kappa shape index (κ3) is 3.21. The molecule has 1 aliphatic carbocycles. The average Bonchev–Trinajstić information content (AvgIpc) is 2.71. The Morgan fingerprint density at radius 1 is 1.14 bits per heavy atom. The third-order valence-electron chi connectivity index (χ3n) is 4.67. The summed E-state index contributed by atoms with van der Waals surface area (Å²) in [4.78, 5) is 12.7. The van der Waals surface area contributed by atoms with Gasteiger partial charge in [0.25, 0.3) is 0 Å². The minimum Gasteiger partial charge on any atom is -0.493 e. The zero-order valence-electron chi connectivity index (χ0n) is 12.4. The van der Waals surface area contributed by atoms with Crippen LogP contribution in [0.25, 0.3) is 0 Å². The van der Waals surface area contributed by atoms with Crippen molar-refractivity contribution < 1.29 is 9.53 Å². The largest absolute Gasteiger partial charge is 0.493 e. The number of fused-ring (bicyclic) bond motifs is 1. The molecule has 3 unspecified atom stereocenters. The highest BCUT2D eigenvalue weighted by Crippen LogP contribution is 2.33. The Balaban J connectivity index is 1.71. The van der Waals surface area contributed by atoms with E-state index >= 15 is 0 Å². The van der Waals surface area contributed by atoms with Crippen LogP contribution in [-0.4, -0.2) is 24.6 Å². The Morgan fingerprint density at radius 2 is 1.95 bits per heavy atom. The first-order chi connectivity index (χ1) is 10.3. The van der Waals surface area contributed by atoms with Crippen LogP contribution in [0.3, 0.4) is 0 Å². The van der Waals surface area contributed by atoms with Crippen LogP contribution in [0.1, 0.15) is 50.0 Å². The van der Waals surface area contributed by atoms with Crippen molar-refractivity contribution in [2.24, 2.45) is 5.73 Å². The van der Waals surface area contributed by atoms with Gasteiger partial charge in [0.1, 0.15) is 5.75 Å². The number of hydrogen-bond acceptors (Lipinski definition) is 3. The maximum atomic E-state index is 12.7. The van der Waals surface area contributed by atoms with Crippen molar-refractivity contribution in [1.29, 1.82) is 0 Å². The number of carbonyl (C=O) groups excluding carboxylic acids is 1. The Labute approximate surface area is 126 Å². The molecular formula is C17H24N2O2. The van der Waals surface area contributed by atoms with E-state index in [1.54, 1.807) is 0 Å². The lowest BCUT2D eigenvalue weighted by molar-refractivity contribution is -0.124. The van der Waals surface area contributed by atoms with Crippen molar-refractivity contribution in [3.05, 3.63) is 29.8 Å². The molecule has 1 aromatic carbocycles. The summed E-state index contributed by atoms with van der Waals surface area (Å²) < 4.78 is 5.63. The molecule has 0 spiro atoms. The predicted octanol–water partition coefficient (Wildman–Crippen LogP) is 2.33. The summed E-state index contributed by atoms with van der Waals surface area (Å²) in [6.07, 6.45) is 6.30. The van der Waals surface area contributed by atoms with Gasteiger partial charge in [0.05, 0.1) is 12.5 Å². The van der Waals surface area contributed by atoms with E-state index in [9.17, 15) is 4.79 Å². The quantitative estimate of drug-likeness (QED) is 0.821. The molecule has 0 radical (unpaired) electrons. The second-order valence-corrected chi connectivity index (χ2v) is 6.14. The highest BCUT2D eigenvalue weighted by atomic mass is 16.5. The standard InChI is InChI=1S/C17H24N2O2/c18-14-7-2-1-3-8-15(14)19-17(20)13-10-11-21-16-9-5-4-6-12(13)16/h4-6,9,13-15H,1-3,7-8,10-11,18H2,(H,19,20). The normalized spacial score (nSPS) is 28.9. The van der Waals surface area contributed by atoms with E-state index in [-0.39, 0.29) is 23.9 Å². The van der Waals surface area contributed by atoms with E-state index in [0.29, 0.717) is 6.61 Å². The van der Waals surface area contributed by atoms with Gasteiger partial charge in [-0.15, -0.1) is 0 Å². The molecule has 0 aromatic heterocycles. The van der Waals surface area contributed by atoms with Gasteiger partial charge in [-0.25, -0.2) is 0 Å². The summed E-state index contributed by atoms with van der Waals surface area (Å²) in [5, 5.41) is 3.20. The molecular weight excluding hydrogens is 264 g/mol. The number of para-hydroxylation sites is 1. The summed E-state index contributed by atoms with van der Waals surface area (Å²) in [5.74, 6) is 0.840. The van der Waals surface area contributed by atoms with Crippen molar-refractivity contribution >= 4 is 5.91 Å². The van der Waals surface area contributed by atoms with Gasteiger partial charge in [-0.1, -0.05) is 37.5 Å². The van der Waals surface area contributed by atoms with Crippen molar-refractivity contribution in [2.45, 2.75) is 56.5 Å². The molecule has 1 amide bonds. The van der Waals surface area contributed by atoms with Crippen LogP contribution in [0.4, 0.5) is 0 Å². The molecule has 2 aliphatic rings. The van der Waals surface area contributed by atoms with Crippen LogP contribution in [0.2, 0.25) is 0 Å². The minimum absolute atomic E-state index is 0.0894. The van der Waals surface area contributed by atoms with E-state index in [1.807, 2.05) is 24.3 Å². The third-order valence-corrected chi connectivity index (χ3v) is 4.67. The lowest BCUT2D eigenvalue weighted by Gasteiger charge is -2.29. The summed E-state index contributed by atoms with van der Waals surface area (Å²) in [5.41, 5.74) is 7.22. The second-order valence-electron chi connectivity index (χ2n) is 6.14. The lowest BCUT2D eigenvalue weighted by atomic mass is 9.91. The smallest absolute Gasteiger partial charge is 0.228 e. The highest BCUT2D eigenvalue weighted by Gasteiger charge is 2.30. The number of nitrogens with two attached hydrogens (primary N) is 1. The average molecular weight is 288 g/mol. The number of rotatable bonds is 2. The molecule has 3 N–H and O–H groups in total. The molecule has 1 aromatic rings. The molecule has 21 heavy (non-hydrogen) atoms. The first-order valence-electron chi connectivity index (χ1n) is 8.03. The van der Waals surface area contributed by atoms with E-state index in [1.165, 1.54) is 12.8 Å². The van der Waals surface area contributed by atoms with Crippen molar-refractivity contribution in [2.75, 3.05) is 6.61 Å². The number of hydrogen-bond donors (Lipinski definition) is 2. The summed E-state index contributed by atoms with van der Waals surface area (Å²) in [6, 6.07) is 8.05. The Bertz CT molecular complexity index is 503. The predicted molar refractivity (Wildman–Crippen MR) is 82.3 cm³/mol. The van der Waals surface area contributed by atoms with E-state index < -0.39 is 0 Å². The van der Waals surface area contributed by atoms with E-state index in [4.69, 9.17) is 10.5 Å². The maximum absolute atomic E-state index is 12.7. The fraction of sp³-hybridized carbons (Fsp3) is 0.588. The molecule has 0 saturated heterocycles. The highest BCUT2D eigenvalue weighted by molar-refractivity contribution is 5.85. The van der Waals surface area contributed by atoms with Crippen LogP contribution in [0, 0.1) is 0 Å². The molecule has 4 nitrogen and oxygen atoms in total. The number of carbonyl (C=O) groups is 1. The Hall–Kier alpha value is -1.55. The van der Waals surface area contributed by atoms with Gasteiger partial charge in [-0.2, -0.15) is 0 Å². The van der Waals surface area contributed by atoms with Crippen LogP contribution in [0.15, 0.2) is 24.3 Å². The molecule has 3 rings (SSSR count). The summed E-state index contributed by atoms with van der Waals surface area (Å²) >= 11 is 0. The number of ether oxygens (including phenoxy) is 1. The van der Waals surface area contributed by atoms with Gasteiger partial charge in [-0.3, -0.25) is 4.79 Å². The number of amides is 1.